The molecule has 0 aromatic carbocycles. The summed E-state index contributed by atoms with van der Waals surface area (Å²) >= 11 is 0. The molecule has 2 aromatic heterocycles. The summed E-state index contributed by atoms with van der Waals surface area (Å²) in [6.07, 6.45) is 1.76. The first kappa shape index (κ1) is 9.21. The minimum atomic E-state index is -0.281. The van der Waals surface area contributed by atoms with Gasteiger partial charge < -0.3 is 10.3 Å². The maximum Gasteiger partial charge on any atom is 0.278 e. The number of nitriles is 1. The highest BCUT2D eigenvalue weighted by molar-refractivity contribution is 5.69. The summed E-state index contributed by atoms with van der Waals surface area (Å²) in [7, 11) is 0. The molecule has 0 saturated carbocycles. The molecule has 0 radical (unpaired) electrons. The van der Waals surface area contributed by atoms with Crippen molar-refractivity contribution in [3.05, 3.63) is 16.7 Å². The SMILES string of the molecule is N#CCCNc1nc2nc[nH]c2c(=O)[nH]1. The van der Waals surface area contributed by atoms with Crippen LogP contribution in [0.4, 0.5) is 5.95 Å². The lowest BCUT2D eigenvalue weighted by Crippen LogP contribution is -2.13. The van der Waals surface area contributed by atoms with E-state index in [1.807, 2.05) is 6.07 Å². The Morgan fingerprint density at radius 3 is 3.27 bits per heavy atom. The lowest BCUT2D eigenvalue weighted by atomic mass is 10.5. The molecule has 0 aliphatic carbocycles. The van der Waals surface area contributed by atoms with Crippen LogP contribution in [0.25, 0.3) is 11.2 Å². The molecule has 2 heterocycles. The van der Waals surface area contributed by atoms with E-state index in [0.29, 0.717) is 30.1 Å². The van der Waals surface area contributed by atoms with Crippen LogP contribution in [0.3, 0.4) is 0 Å². The topological polar surface area (TPSA) is 110 Å². The number of fused-ring (bicyclic) bond motifs is 1. The second kappa shape index (κ2) is 3.79. The van der Waals surface area contributed by atoms with Crippen LogP contribution in [0.2, 0.25) is 0 Å². The summed E-state index contributed by atoms with van der Waals surface area (Å²) < 4.78 is 0. The third-order valence-corrected chi connectivity index (χ3v) is 1.83. The van der Waals surface area contributed by atoms with E-state index >= 15 is 0 Å². The predicted molar refractivity (Wildman–Crippen MR) is 53.2 cm³/mol. The molecule has 0 unspecified atom stereocenters. The van der Waals surface area contributed by atoms with E-state index in [-0.39, 0.29) is 5.56 Å². The van der Waals surface area contributed by atoms with Gasteiger partial charge in [-0.15, -0.1) is 0 Å². The summed E-state index contributed by atoms with van der Waals surface area (Å²) in [6.45, 7) is 0.440. The molecule has 0 aliphatic heterocycles. The standard InChI is InChI=1S/C8H8N6O/c9-2-1-3-10-8-13-6-5(7(15)14-8)11-4-12-6/h4H,1,3H2,(H3,10,11,12,13,14,15). The highest BCUT2D eigenvalue weighted by Gasteiger charge is 2.04. The quantitative estimate of drug-likeness (QED) is 0.608. The van der Waals surface area contributed by atoms with Gasteiger partial charge in [0, 0.05) is 6.54 Å². The summed E-state index contributed by atoms with van der Waals surface area (Å²) in [5.41, 5.74) is 0.427. The number of nitrogens with zero attached hydrogens (tertiary/aromatic N) is 3. The van der Waals surface area contributed by atoms with Gasteiger partial charge in [0.1, 0.15) is 0 Å². The summed E-state index contributed by atoms with van der Waals surface area (Å²) in [6, 6.07) is 1.98. The zero-order valence-electron chi connectivity index (χ0n) is 7.74. The van der Waals surface area contributed by atoms with Crippen molar-refractivity contribution in [1.82, 2.24) is 19.9 Å². The molecular weight excluding hydrogens is 196 g/mol. The molecule has 2 aromatic rings. The molecule has 0 fully saturated rings. The molecule has 0 atom stereocenters. The largest absolute Gasteiger partial charge is 0.355 e. The zero-order valence-corrected chi connectivity index (χ0v) is 7.74. The predicted octanol–water partition coefficient (Wildman–Crippen LogP) is -0.0282. The van der Waals surface area contributed by atoms with Gasteiger partial charge in [0.05, 0.1) is 18.8 Å². The van der Waals surface area contributed by atoms with E-state index in [4.69, 9.17) is 5.26 Å². The molecule has 76 valence electrons. The maximum atomic E-state index is 11.4. The number of hydrogen-bond acceptors (Lipinski definition) is 5. The van der Waals surface area contributed by atoms with Crippen LogP contribution < -0.4 is 10.9 Å². The summed E-state index contributed by atoms with van der Waals surface area (Å²) in [5, 5.41) is 11.2. The highest BCUT2D eigenvalue weighted by Crippen LogP contribution is 2.02. The Kier molecular flexibility index (Phi) is 2.33. The van der Waals surface area contributed by atoms with Gasteiger partial charge in [0.25, 0.3) is 5.56 Å². The number of hydrogen-bond donors (Lipinski definition) is 3. The molecule has 0 bridgehead atoms. The van der Waals surface area contributed by atoms with Crippen LogP contribution in [-0.4, -0.2) is 26.5 Å². The van der Waals surface area contributed by atoms with Crippen LogP contribution in [0.1, 0.15) is 6.42 Å². The van der Waals surface area contributed by atoms with E-state index in [1.165, 1.54) is 6.33 Å². The van der Waals surface area contributed by atoms with Crippen molar-refractivity contribution in [2.24, 2.45) is 0 Å². The van der Waals surface area contributed by atoms with Crippen LogP contribution in [0.5, 0.6) is 0 Å². The van der Waals surface area contributed by atoms with Crippen LogP contribution in [0.15, 0.2) is 11.1 Å². The van der Waals surface area contributed by atoms with Crippen LogP contribution in [-0.2, 0) is 0 Å². The molecule has 2 rings (SSSR count). The van der Waals surface area contributed by atoms with Gasteiger partial charge in [-0.2, -0.15) is 10.2 Å². The smallest absolute Gasteiger partial charge is 0.278 e. The number of aromatic amines is 2. The third-order valence-electron chi connectivity index (χ3n) is 1.83. The van der Waals surface area contributed by atoms with Crippen molar-refractivity contribution in [2.75, 3.05) is 11.9 Å². The second-order valence-corrected chi connectivity index (χ2v) is 2.85. The monoisotopic (exact) mass is 204 g/mol. The zero-order chi connectivity index (χ0) is 10.7. The number of anilines is 1. The van der Waals surface area contributed by atoms with E-state index in [9.17, 15) is 4.79 Å². The minimum absolute atomic E-state index is 0.281. The normalized spacial score (nSPS) is 10.1. The number of aromatic nitrogens is 4. The Morgan fingerprint density at radius 2 is 2.47 bits per heavy atom. The van der Waals surface area contributed by atoms with Crippen molar-refractivity contribution >= 4 is 17.1 Å². The second-order valence-electron chi connectivity index (χ2n) is 2.85. The number of H-pyrrole nitrogens is 2. The fourth-order valence-corrected chi connectivity index (χ4v) is 1.16. The molecule has 0 saturated heterocycles. The molecule has 3 N–H and O–H groups in total. The van der Waals surface area contributed by atoms with E-state index in [2.05, 4.69) is 25.3 Å². The molecule has 0 aliphatic rings. The first-order valence-electron chi connectivity index (χ1n) is 4.35. The highest BCUT2D eigenvalue weighted by atomic mass is 16.1. The first-order valence-corrected chi connectivity index (χ1v) is 4.35. The Morgan fingerprint density at radius 1 is 1.60 bits per heavy atom. The van der Waals surface area contributed by atoms with Crippen LogP contribution >= 0.6 is 0 Å². The first-order chi connectivity index (χ1) is 7.31. The van der Waals surface area contributed by atoms with Gasteiger partial charge >= 0.3 is 0 Å². The Labute approximate surface area is 84.2 Å². The van der Waals surface area contributed by atoms with Crippen LogP contribution in [0, 0.1) is 11.3 Å². The third kappa shape index (κ3) is 1.78. The molecule has 7 heteroatoms. The lowest BCUT2D eigenvalue weighted by molar-refractivity contribution is 1.02. The lowest BCUT2D eigenvalue weighted by Gasteiger charge is -2.00. The Hall–Kier alpha value is -2.36. The van der Waals surface area contributed by atoms with E-state index < -0.39 is 0 Å². The Bertz CT molecular complexity index is 562. The number of rotatable bonds is 3. The fraction of sp³-hybridized carbons (Fsp3) is 0.250. The summed E-state index contributed by atoms with van der Waals surface area (Å²) in [5.74, 6) is 0.329. The van der Waals surface area contributed by atoms with E-state index in [1.54, 1.807) is 0 Å². The van der Waals surface area contributed by atoms with Gasteiger partial charge in [-0.1, -0.05) is 0 Å². The van der Waals surface area contributed by atoms with Gasteiger partial charge in [-0.25, -0.2) is 4.98 Å². The van der Waals surface area contributed by atoms with Crippen molar-refractivity contribution < 1.29 is 0 Å². The minimum Gasteiger partial charge on any atom is -0.355 e. The van der Waals surface area contributed by atoms with Crippen molar-refractivity contribution in [3.63, 3.8) is 0 Å². The van der Waals surface area contributed by atoms with Gasteiger partial charge in [-0.3, -0.25) is 9.78 Å². The average Bonchev–Trinajstić information content (AvgIpc) is 2.66. The van der Waals surface area contributed by atoms with Gasteiger partial charge in [-0.05, 0) is 0 Å². The van der Waals surface area contributed by atoms with Crippen molar-refractivity contribution in [1.29, 1.82) is 5.26 Å². The molecule has 15 heavy (non-hydrogen) atoms. The number of nitrogens with one attached hydrogen (secondary N) is 3. The maximum absolute atomic E-state index is 11.4. The van der Waals surface area contributed by atoms with Gasteiger partial charge in [0.2, 0.25) is 5.95 Å². The number of imidazole rings is 1. The molecule has 7 nitrogen and oxygen atoms in total. The van der Waals surface area contributed by atoms with Crippen molar-refractivity contribution in [2.45, 2.75) is 6.42 Å². The molecule has 0 spiro atoms. The molecule has 0 amide bonds. The Balaban J connectivity index is 2.30. The summed E-state index contributed by atoms with van der Waals surface area (Å²) in [4.78, 5) is 24.6. The molecular formula is C8H8N6O. The van der Waals surface area contributed by atoms with Crippen molar-refractivity contribution in [3.8, 4) is 6.07 Å². The average molecular weight is 204 g/mol. The fourth-order valence-electron chi connectivity index (χ4n) is 1.16. The van der Waals surface area contributed by atoms with Gasteiger partial charge in [0.15, 0.2) is 11.2 Å². The van der Waals surface area contributed by atoms with E-state index in [0.717, 1.165) is 0 Å².